The lowest BCUT2D eigenvalue weighted by atomic mass is 9.96. The molecule has 3 heteroatoms. The van der Waals surface area contributed by atoms with E-state index in [1.165, 1.54) is 38.9 Å². The minimum absolute atomic E-state index is 0.907. The third-order valence-electron chi connectivity index (χ3n) is 6.03. The van der Waals surface area contributed by atoms with E-state index in [0.717, 1.165) is 38.1 Å². The second-order valence-corrected chi connectivity index (χ2v) is 8.13. The summed E-state index contributed by atoms with van der Waals surface area (Å²) >= 11 is 0. The van der Waals surface area contributed by atoms with Gasteiger partial charge < -0.3 is 5.32 Å². The number of nitrogens with zero attached hydrogens (tertiary/aromatic N) is 2. The molecule has 0 fully saturated rings. The number of rotatable bonds is 6. The highest BCUT2D eigenvalue weighted by Crippen LogP contribution is 2.33. The van der Waals surface area contributed by atoms with Crippen molar-refractivity contribution in [3.05, 3.63) is 101 Å². The highest BCUT2D eigenvalue weighted by molar-refractivity contribution is 5.78. The Hall–Kier alpha value is -3.01. The molecule has 2 heterocycles. The molecular formula is C27H27N3. The van der Waals surface area contributed by atoms with Crippen LogP contribution in [0.15, 0.2) is 78.9 Å². The van der Waals surface area contributed by atoms with E-state index in [-0.39, 0.29) is 0 Å². The quantitative estimate of drug-likeness (QED) is 0.489. The first-order valence-electron chi connectivity index (χ1n) is 10.7. The van der Waals surface area contributed by atoms with Gasteiger partial charge in [-0.1, -0.05) is 66.7 Å². The zero-order chi connectivity index (χ0) is 20.3. The SMILES string of the molecule is CNCc1ccc(-c2cccc3c2CN(CCc2ccc4ccccc4n2)C3)cc1. The van der Waals surface area contributed by atoms with Gasteiger partial charge in [-0.15, -0.1) is 0 Å². The molecule has 0 radical (unpaired) electrons. The molecule has 0 unspecified atom stereocenters. The molecule has 0 saturated carbocycles. The third kappa shape index (κ3) is 3.87. The Bertz CT molecular complexity index is 1160. The van der Waals surface area contributed by atoms with E-state index in [9.17, 15) is 0 Å². The summed E-state index contributed by atoms with van der Waals surface area (Å²) in [5.41, 5.74) is 9.19. The average Bonchev–Trinajstić information content (AvgIpc) is 3.22. The standard InChI is InChI=1S/C27H27N3/c1-28-17-20-9-11-21(12-10-20)25-7-4-6-23-18-30(19-26(23)25)16-15-24-14-13-22-5-2-3-8-27(22)29-24/h2-14,28H,15-19H2,1H3. The van der Waals surface area contributed by atoms with E-state index in [2.05, 4.69) is 89.1 Å². The van der Waals surface area contributed by atoms with Gasteiger partial charge in [0.1, 0.15) is 0 Å². The Labute approximate surface area is 178 Å². The second kappa shape index (κ2) is 8.39. The summed E-state index contributed by atoms with van der Waals surface area (Å²) in [4.78, 5) is 7.38. The number of pyridine rings is 1. The minimum atomic E-state index is 0.907. The third-order valence-corrected chi connectivity index (χ3v) is 6.03. The molecule has 30 heavy (non-hydrogen) atoms. The summed E-state index contributed by atoms with van der Waals surface area (Å²) < 4.78 is 0. The van der Waals surface area contributed by atoms with Crippen LogP contribution in [0.2, 0.25) is 0 Å². The van der Waals surface area contributed by atoms with Crippen molar-refractivity contribution < 1.29 is 0 Å². The molecule has 0 bridgehead atoms. The van der Waals surface area contributed by atoms with Gasteiger partial charge in [-0.2, -0.15) is 0 Å². The van der Waals surface area contributed by atoms with Crippen LogP contribution in [-0.2, 0) is 26.1 Å². The fourth-order valence-corrected chi connectivity index (χ4v) is 4.44. The zero-order valence-corrected chi connectivity index (χ0v) is 17.4. The van der Waals surface area contributed by atoms with Crippen molar-refractivity contribution in [2.45, 2.75) is 26.1 Å². The lowest BCUT2D eigenvalue weighted by molar-refractivity contribution is 0.287. The Kier molecular flexibility index (Phi) is 5.31. The van der Waals surface area contributed by atoms with Gasteiger partial charge in [0, 0.05) is 43.7 Å². The van der Waals surface area contributed by atoms with Gasteiger partial charge in [0.15, 0.2) is 0 Å². The van der Waals surface area contributed by atoms with Crippen LogP contribution in [0.5, 0.6) is 0 Å². The molecule has 0 atom stereocenters. The molecule has 3 aromatic carbocycles. The molecule has 5 rings (SSSR count). The van der Waals surface area contributed by atoms with Gasteiger partial charge >= 0.3 is 0 Å². The highest BCUT2D eigenvalue weighted by Gasteiger charge is 2.21. The van der Waals surface area contributed by atoms with E-state index in [4.69, 9.17) is 4.98 Å². The van der Waals surface area contributed by atoms with Crippen LogP contribution in [0.3, 0.4) is 0 Å². The number of aromatic nitrogens is 1. The van der Waals surface area contributed by atoms with Crippen molar-refractivity contribution in [2.75, 3.05) is 13.6 Å². The maximum absolute atomic E-state index is 4.84. The summed E-state index contributed by atoms with van der Waals surface area (Å²) in [6, 6.07) is 28.4. The second-order valence-electron chi connectivity index (χ2n) is 8.13. The van der Waals surface area contributed by atoms with Crippen molar-refractivity contribution >= 4 is 10.9 Å². The van der Waals surface area contributed by atoms with E-state index >= 15 is 0 Å². The maximum atomic E-state index is 4.84. The predicted octanol–water partition coefficient (Wildman–Crippen LogP) is 5.18. The zero-order valence-electron chi connectivity index (χ0n) is 17.4. The summed E-state index contributed by atoms with van der Waals surface area (Å²) in [5, 5.41) is 4.42. The molecule has 3 nitrogen and oxygen atoms in total. The fourth-order valence-electron chi connectivity index (χ4n) is 4.44. The summed E-state index contributed by atoms with van der Waals surface area (Å²) in [6.45, 7) is 3.97. The molecule has 4 aromatic rings. The molecule has 1 aliphatic heterocycles. The fraction of sp³-hybridized carbons (Fsp3) is 0.222. The van der Waals surface area contributed by atoms with Gasteiger partial charge in [-0.3, -0.25) is 9.88 Å². The summed E-state index contributed by atoms with van der Waals surface area (Å²) in [7, 11) is 1.99. The van der Waals surface area contributed by atoms with Crippen molar-refractivity contribution in [1.82, 2.24) is 15.2 Å². The number of benzene rings is 3. The molecule has 150 valence electrons. The molecular weight excluding hydrogens is 366 g/mol. The van der Waals surface area contributed by atoms with E-state index < -0.39 is 0 Å². The first-order chi connectivity index (χ1) is 14.8. The monoisotopic (exact) mass is 393 g/mol. The van der Waals surface area contributed by atoms with Crippen LogP contribution < -0.4 is 5.32 Å². The van der Waals surface area contributed by atoms with Crippen molar-refractivity contribution in [1.29, 1.82) is 0 Å². The molecule has 0 amide bonds. The maximum Gasteiger partial charge on any atom is 0.0705 e. The Morgan fingerprint density at radius 3 is 2.60 bits per heavy atom. The lowest BCUT2D eigenvalue weighted by Gasteiger charge is -2.15. The molecule has 1 aromatic heterocycles. The number of hydrogen-bond donors (Lipinski definition) is 1. The molecule has 0 spiro atoms. The largest absolute Gasteiger partial charge is 0.316 e. The van der Waals surface area contributed by atoms with Crippen molar-refractivity contribution in [3.63, 3.8) is 0 Å². The molecule has 0 saturated heterocycles. The van der Waals surface area contributed by atoms with Gasteiger partial charge in [-0.25, -0.2) is 0 Å². The first-order valence-corrected chi connectivity index (χ1v) is 10.7. The Morgan fingerprint density at radius 2 is 1.73 bits per heavy atom. The summed E-state index contributed by atoms with van der Waals surface area (Å²) in [5.74, 6) is 0. The molecule has 1 N–H and O–H groups in total. The van der Waals surface area contributed by atoms with Crippen molar-refractivity contribution in [2.24, 2.45) is 0 Å². The van der Waals surface area contributed by atoms with E-state index in [1.54, 1.807) is 0 Å². The Balaban J connectivity index is 1.30. The number of nitrogens with one attached hydrogen (secondary N) is 1. The number of hydrogen-bond acceptors (Lipinski definition) is 3. The number of para-hydroxylation sites is 1. The van der Waals surface area contributed by atoms with Crippen LogP contribution in [0.1, 0.15) is 22.4 Å². The van der Waals surface area contributed by atoms with Crippen LogP contribution in [0.25, 0.3) is 22.0 Å². The highest BCUT2D eigenvalue weighted by atomic mass is 15.1. The molecule has 1 aliphatic rings. The first kappa shape index (κ1) is 19.0. The van der Waals surface area contributed by atoms with Gasteiger partial charge in [-0.05, 0) is 47.0 Å². The topological polar surface area (TPSA) is 28.2 Å². The normalized spacial score (nSPS) is 13.6. The lowest BCUT2D eigenvalue weighted by Crippen LogP contribution is -2.19. The summed E-state index contributed by atoms with van der Waals surface area (Å²) in [6.07, 6.45) is 0.979. The van der Waals surface area contributed by atoms with Gasteiger partial charge in [0.05, 0.1) is 5.52 Å². The minimum Gasteiger partial charge on any atom is -0.316 e. The smallest absolute Gasteiger partial charge is 0.0705 e. The van der Waals surface area contributed by atoms with E-state index in [1.807, 2.05) is 7.05 Å². The van der Waals surface area contributed by atoms with Crippen LogP contribution in [0, 0.1) is 0 Å². The van der Waals surface area contributed by atoms with Crippen LogP contribution in [-0.4, -0.2) is 23.5 Å². The van der Waals surface area contributed by atoms with Crippen LogP contribution in [0.4, 0.5) is 0 Å². The van der Waals surface area contributed by atoms with Gasteiger partial charge in [0.25, 0.3) is 0 Å². The predicted molar refractivity (Wildman–Crippen MR) is 124 cm³/mol. The van der Waals surface area contributed by atoms with Crippen molar-refractivity contribution in [3.8, 4) is 11.1 Å². The van der Waals surface area contributed by atoms with Crippen LogP contribution >= 0.6 is 0 Å². The Morgan fingerprint density at radius 1 is 0.867 bits per heavy atom. The average molecular weight is 394 g/mol. The van der Waals surface area contributed by atoms with Gasteiger partial charge in [0.2, 0.25) is 0 Å². The number of fused-ring (bicyclic) bond motifs is 2. The molecule has 0 aliphatic carbocycles. The van der Waals surface area contributed by atoms with E-state index in [0.29, 0.717) is 0 Å².